The fraction of sp³-hybridized carbons (Fsp3) is 0.176. The molecule has 10 heteroatoms. The summed E-state index contributed by atoms with van der Waals surface area (Å²) >= 11 is 0. The molecule has 0 saturated carbocycles. The molecule has 27 heavy (non-hydrogen) atoms. The van der Waals surface area contributed by atoms with E-state index in [1.165, 1.54) is 31.2 Å². The van der Waals surface area contributed by atoms with Gasteiger partial charge in [0, 0.05) is 12.6 Å². The Bertz CT molecular complexity index is 992. The number of sulfonamides is 1. The van der Waals surface area contributed by atoms with Crippen LogP contribution in [0.25, 0.3) is 0 Å². The molecule has 2 aromatic rings. The zero-order chi connectivity index (χ0) is 20.4. The van der Waals surface area contributed by atoms with Gasteiger partial charge in [0.25, 0.3) is 0 Å². The van der Waals surface area contributed by atoms with Crippen LogP contribution in [0.15, 0.2) is 41.3 Å². The molecule has 0 heterocycles. The highest BCUT2D eigenvalue weighted by atomic mass is 32.2. The van der Waals surface area contributed by atoms with Gasteiger partial charge in [0.05, 0.1) is 17.1 Å². The first kappa shape index (κ1) is 20.6. The van der Waals surface area contributed by atoms with Crippen LogP contribution in [0.4, 0.5) is 18.9 Å². The number of rotatable bonds is 6. The molecule has 0 radical (unpaired) electrons. The number of Topliss-reactive ketones (excluding diaryl/α,β-unsaturated/α-hetero) is 1. The molecule has 0 saturated heterocycles. The molecular formula is C17H15F3N2O4S. The average Bonchev–Trinajstić information content (AvgIpc) is 2.62. The van der Waals surface area contributed by atoms with Crippen molar-refractivity contribution in [2.75, 3.05) is 18.9 Å². The van der Waals surface area contributed by atoms with Crippen LogP contribution in [0.1, 0.15) is 17.3 Å². The van der Waals surface area contributed by atoms with E-state index in [-0.39, 0.29) is 10.7 Å². The molecule has 0 aromatic heterocycles. The average molecular weight is 400 g/mol. The van der Waals surface area contributed by atoms with E-state index in [2.05, 4.69) is 0 Å². The van der Waals surface area contributed by atoms with Crippen molar-refractivity contribution in [2.45, 2.75) is 11.8 Å². The minimum Gasteiger partial charge on any atom is -0.322 e. The van der Waals surface area contributed by atoms with Crippen LogP contribution in [-0.4, -0.2) is 38.0 Å². The Morgan fingerprint density at radius 3 is 2.15 bits per heavy atom. The zero-order valence-corrected chi connectivity index (χ0v) is 15.1. The summed E-state index contributed by atoms with van der Waals surface area (Å²) < 4.78 is 65.2. The molecule has 0 fully saturated rings. The summed E-state index contributed by atoms with van der Waals surface area (Å²) in [6.45, 7) is 0.632. The number of hydrogen-bond donors (Lipinski definition) is 1. The summed E-state index contributed by atoms with van der Waals surface area (Å²) in [6, 6.07) is 6.55. The molecule has 0 aliphatic carbocycles. The minimum absolute atomic E-state index is 0.151. The molecule has 2 aromatic carbocycles. The number of carbonyl (C=O) groups is 2. The summed E-state index contributed by atoms with van der Waals surface area (Å²) in [5, 5.41) is 1.99. The molecule has 0 aliphatic rings. The third-order valence-electron chi connectivity index (χ3n) is 3.64. The second-order valence-corrected chi connectivity index (χ2v) is 7.66. The van der Waals surface area contributed by atoms with Gasteiger partial charge in [-0.25, -0.2) is 21.6 Å². The number of anilines is 1. The molecule has 1 N–H and O–H groups in total. The van der Waals surface area contributed by atoms with Crippen molar-refractivity contribution in [1.29, 1.82) is 0 Å². The molecule has 0 unspecified atom stereocenters. The number of hydrogen-bond acceptors (Lipinski definition) is 4. The molecule has 0 bridgehead atoms. The van der Waals surface area contributed by atoms with Crippen molar-refractivity contribution >= 4 is 27.4 Å². The van der Waals surface area contributed by atoms with E-state index in [0.29, 0.717) is 15.9 Å². The molecule has 2 rings (SSSR count). The van der Waals surface area contributed by atoms with Crippen LogP contribution in [-0.2, 0) is 14.8 Å². The van der Waals surface area contributed by atoms with Crippen LogP contribution in [0, 0.1) is 17.5 Å². The van der Waals surface area contributed by atoms with Crippen molar-refractivity contribution in [3.8, 4) is 0 Å². The highest BCUT2D eigenvalue weighted by molar-refractivity contribution is 7.89. The molecule has 0 aliphatic heterocycles. The summed E-state index contributed by atoms with van der Waals surface area (Å²) in [4.78, 5) is 23.0. The highest BCUT2D eigenvalue weighted by Gasteiger charge is 2.24. The van der Waals surface area contributed by atoms with Gasteiger partial charge in [-0.15, -0.1) is 0 Å². The number of nitrogens with one attached hydrogen (secondary N) is 1. The number of amides is 1. The minimum atomic E-state index is -4.06. The summed E-state index contributed by atoms with van der Waals surface area (Å²) in [7, 11) is -2.94. The second-order valence-electron chi connectivity index (χ2n) is 5.61. The standard InChI is InChI=1S/C17H15F3N2O4S/c1-10(23)11-3-5-12(6-4-11)27(25,26)22(2)9-15(24)21-14-8-7-13(18)16(19)17(14)20/h3-8H,9H2,1-2H3,(H,21,24). The lowest BCUT2D eigenvalue weighted by atomic mass is 10.2. The van der Waals surface area contributed by atoms with Crippen LogP contribution in [0.2, 0.25) is 0 Å². The molecule has 1 amide bonds. The van der Waals surface area contributed by atoms with Crippen molar-refractivity contribution in [1.82, 2.24) is 4.31 Å². The first-order valence-corrected chi connectivity index (χ1v) is 8.98. The third kappa shape index (κ3) is 4.52. The van der Waals surface area contributed by atoms with E-state index in [0.717, 1.165) is 13.1 Å². The van der Waals surface area contributed by atoms with E-state index < -0.39 is 45.6 Å². The number of nitrogens with zero attached hydrogens (tertiary/aromatic N) is 1. The predicted octanol–water partition coefficient (Wildman–Crippen LogP) is 2.57. The maximum Gasteiger partial charge on any atom is 0.243 e. The fourth-order valence-electron chi connectivity index (χ4n) is 2.14. The molecule has 0 atom stereocenters. The lowest BCUT2D eigenvalue weighted by molar-refractivity contribution is -0.116. The Morgan fingerprint density at radius 1 is 1.00 bits per heavy atom. The Balaban J connectivity index is 2.13. The lowest BCUT2D eigenvalue weighted by Gasteiger charge is -2.17. The maximum atomic E-state index is 13.6. The number of benzene rings is 2. The summed E-state index contributed by atoms with van der Waals surface area (Å²) in [5.74, 6) is -5.95. The topological polar surface area (TPSA) is 83.6 Å². The van der Waals surface area contributed by atoms with Gasteiger partial charge < -0.3 is 5.32 Å². The van der Waals surface area contributed by atoms with Gasteiger partial charge in [0.15, 0.2) is 23.2 Å². The Morgan fingerprint density at radius 2 is 1.59 bits per heavy atom. The number of carbonyl (C=O) groups excluding carboxylic acids is 2. The highest BCUT2D eigenvalue weighted by Crippen LogP contribution is 2.20. The largest absolute Gasteiger partial charge is 0.322 e. The maximum absolute atomic E-state index is 13.6. The van der Waals surface area contributed by atoms with Gasteiger partial charge in [-0.3, -0.25) is 9.59 Å². The van der Waals surface area contributed by atoms with E-state index in [1.54, 1.807) is 0 Å². The first-order chi connectivity index (χ1) is 12.5. The monoisotopic (exact) mass is 400 g/mol. The quantitative estimate of drug-likeness (QED) is 0.597. The van der Waals surface area contributed by atoms with Crippen molar-refractivity contribution in [2.24, 2.45) is 0 Å². The number of halogens is 3. The van der Waals surface area contributed by atoms with E-state index >= 15 is 0 Å². The second kappa shape index (κ2) is 7.89. The van der Waals surface area contributed by atoms with Crippen molar-refractivity contribution in [3.63, 3.8) is 0 Å². The number of likely N-dealkylation sites (N-methyl/N-ethyl adjacent to an activating group) is 1. The number of ketones is 1. The van der Waals surface area contributed by atoms with Crippen molar-refractivity contribution in [3.05, 3.63) is 59.4 Å². The van der Waals surface area contributed by atoms with Gasteiger partial charge in [-0.2, -0.15) is 4.31 Å². The predicted molar refractivity (Wildman–Crippen MR) is 91.2 cm³/mol. The zero-order valence-electron chi connectivity index (χ0n) is 14.3. The van der Waals surface area contributed by atoms with Crippen LogP contribution in [0.3, 0.4) is 0 Å². The van der Waals surface area contributed by atoms with E-state index in [4.69, 9.17) is 0 Å². The molecular weight excluding hydrogens is 385 g/mol. The normalized spacial score (nSPS) is 11.5. The van der Waals surface area contributed by atoms with Crippen molar-refractivity contribution < 1.29 is 31.2 Å². The van der Waals surface area contributed by atoms with Gasteiger partial charge >= 0.3 is 0 Å². The molecule has 0 spiro atoms. The van der Waals surface area contributed by atoms with Crippen LogP contribution < -0.4 is 5.32 Å². The third-order valence-corrected chi connectivity index (χ3v) is 5.46. The van der Waals surface area contributed by atoms with E-state index in [1.807, 2.05) is 5.32 Å². The Kier molecular flexibility index (Phi) is 6.01. The lowest BCUT2D eigenvalue weighted by Crippen LogP contribution is -2.35. The first-order valence-electron chi connectivity index (χ1n) is 7.54. The SMILES string of the molecule is CC(=O)c1ccc(S(=O)(=O)N(C)CC(=O)Nc2ccc(F)c(F)c2F)cc1. The van der Waals surface area contributed by atoms with Gasteiger partial charge in [0.2, 0.25) is 15.9 Å². The smallest absolute Gasteiger partial charge is 0.243 e. The molecule has 144 valence electrons. The fourth-order valence-corrected chi connectivity index (χ4v) is 3.27. The van der Waals surface area contributed by atoms with Gasteiger partial charge in [-0.05, 0) is 31.2 Å². The Hall–Kier alpha value is -2.72. The van der Waals surface area contributed by atoms with Gasteiger partial charge in [0.1, 0.15) is 0 Å². The van der Waals surface area contributed by atoms with E-state index in [9.17, 15) is 31.2 Å². The summed E-state index contributed by atoms with van der Waals surface area (Å²) in [6.07, 6.45) is 0. The summed E-state index contributed by atoms with van der Waals surface area (Å²) in [5.41, 5.74) is -0.293. The Labute approximate surface area is 153 Å². The molecule has 6 nitrogen and oxygen atoms in total. The van der Waals surface area contributed by atoms with Crippen LogP contribution >= 0.6 is 0 Å². The van der Waals surface area contributed by atoms with Gasteiger partial charge in [-0.1, -0.05) is 12.1 Å². The van der Waals surface area contributed by atoms with Crippen LogP contribution in [0.5, 0.6) is 0 Å².